The molecule has 6 nitrogen and oxygen atoms in total. The van der Waals surface area contributed by atoms with Crippen molar-refractivity contribution in [3.05, 3.63) is 46.4 Å². The first-order chi connectivity index (χ1) is 13.6. The topological polar surface area (TPSA) is 51.2 Å². The van der Waals surface area contributed by atoms with Crippen LogP contribution in [0.2, 0.25) is 0 Å². The third kappa shape index (κ3) is 4.19. The number of piperazine rings is 1. The molecule has 1 aliphatic rings. The first kappa shape index (κ1) is 20.3. The Kier molecular flexibility index (Phi) is 6.67. The number of anilines is 1. The van der Waals surface area contributed by atoms with E-state index in [1.54, 1.807) is 26.4 Å². The second-order valence-corrected chi connectivity index (χ2v) is 7.23. The summed E-state index contributed by atoms with van der Waals surface area (Å²) in [5.74, 6) is 2.00. The average Bonchev–Trinajstić information content (AvgIpc) is 2.74. The predicted molar refractivity (Wildman–Crippen MR) is 113 cm³/mol. The van der Waals surface area contributed by atoms with E-state index >= 15 is 0 Å². The van der Waals surface area contributed by atoms with Crippen LogP contribution in [0.4, 0.5) is 5.69 Å². The first-order valence-corrected chi connectivity index (χ1v) is 10.1. The van der Waals surface area contributed by atoms with Crippen molar-refractivity contribution in [1.82, 2.24) is 4.90 Å². The third-order valence-corrected chi connectivity index (χ3v) is 5.35. The fourth-order valence-electron chi connectivity index (χ4n) is 3.35. The molecule has 0 bridgehead atoms. The average molecular weight is 449 g/mol. The van der Waals surface area contributed by atoms with Gasteiger partial charge in [0.25, 0.3) is 5.91 Å². The smallest absolute Gasteiger partial charge is 0.254 e. The van der Waals surface area contributed by atoms with E-state index in [0.29, 0.717) is 41.2 Å². The van der Waals surface area contributed by atoms with Crippen LogP contribution >= 0.6 is 15.9 Å². The summed E-state index contributed by atoms with van der Waals surface area (Å²) in [7, 11) is 3.25. The second-order valence-electron chi connectivity index (χ2n) is 6.37. The van der Waals surface area contributed by atoms with Crippen molar-refractivity contribution >= 4 is 27.5 Å². The van der Waals surface area contributed by atoms with Crippen molar-refractivity contribution in [3.8, 4) is 17.2 Å². The van der Waals surface area contributed by atoms with E-state index in [2.05, 4.69) is 20.8 Å². The molecule has 1 heterocycles. The minimum absolute atomic E-state index is 0.0123. The van der Waals surface area contributed by atoms with E-state index in [1.807, 2.05) is 36.1 Å². The molecule has 2 aromatic rings. The van der Waals surface area contributed by atoms with Gasteiger partial charge in [0.1, 0.15) is 5.75 Å². The highest BCUT2D eigenvalue weighted by Crippen LogP contribution is 2.37. The zero-order valence-electron chi connectivity index (χ0n) is 16.4. The van der Waals surface area contributed by atoms with E-state index in [9.17, 15) is 4.79 Å². The number of rotatable bonds is 6. The molecule has 28 heavy (non-hydrogen) atoms. The van der Waals surface area contributed by atoms with Gasteiger partial charge in [0.05, 0.1) is 31.0 Å². The molecule has 0 atom stereocenters. The van der Waals surface area contributed by atoms with Gasteiger partial charge >= 0.3 is 0 Å². The van der Waals surface area contributed by atoms with Gasteiger partial charge in [-0.1, -0.05) is 12.1 Å². The Morgan fingerprint density at radius 3 is 2.36 bits per heavy atom. The maximum absolute atomic E-state index is 13.0. The summed E-state index contributed by atoms with van der Waals surface area (Å²) in [6.45, 7) is 5.22. The number of hydrogen-bond acceptors (Lipinski definition) is 5. The maximum Gasteiger partial charge on any atom is 0.254 e. The minimum atomic E-state index is -0.0123. The lowest BCUT2D eigenvalue weighted by atomic mass is 10.1. The molecule has 7 heteroatoms. The van der Waals surface area contributed by atoms with E-state index in [0.717, 1.165) is 24.5 Å². The van der Waals surface area contributed by atoms with E-state index in [1.165, 1.54) is 0 Å². The van der Waals surface area contributed by atoms with Crippen molar-refractivity contribution in [3.63, 3.8) is 0 Å². The number of amides is 1. The van der Waals surface area contributed by atoms with Crippen molar-refractivity contribution in [2.45, 2.75) is 6.92 Å². The highest BCUT2D eigenvalue weighted by Gasteiger charge is 2.25. The summed E-state index contributed by atoms with van der Waals surface area (Å²) < 4.78 is 17.2. The van der Waals surface area contributed by atoms with Crippen molar-refractivity contribution in [2.75, 3.05) is 51.9 Å². The molecule has 0 radical (unpaired) electrons. The summed E-state index contributed by atoms with van der Waals surface area (Å²) in [4.78, 5) is 17.1. The number of para-hydroxylation sites is 2. The first-order valence-electron chi connectivity index (χ1n) is 9.26. The molecule has 1 fully saturated rings. The molecule has 0 saturated carbocycles. The Labute approximate surface area is 174 Å². The fraction of sp³-hybridized carbons (Fsp3) is 0.381. The molecule has 0 N–H and O–H groups in total. The Morgan fingerprint density at radius 1 is 1.04 bits per heavy atom. The largest absolute Gasteiger partial charge is 0.495 e. The Morgan fingerprint density at radius 2 is 1.71 bits per heavy atom. The number of carbonyl (C=O) groups is 1. The number of halogens is 1. The Hall–Kier alpha value is -2.41. The van der Waals surface area contributed by atoms with Gasteiger partial charge in [-0.05, 0) is 47.1 Å². The Bertz CT molecular complexity index is 835. The highest BCUT2D eigenvalue weighted by atomic mass is 79.9. The second kappa shape index (κ2) is 9.19. The summed E-state index contributed by atoms with van der Waals surface area (Å²) in [6.07, 6.45) is 0. The van der Waals surface area contributed by atoms with Gasteiger partial charge in [-0.2, -0.15) is 0 Å². The van der Waals surface area contributed by atoms with Crippen LogP contribution in [0.5, 0.6) is 17.2 Å². The molecule has 1 saturated heterocycles. The van der Waals surface area contributed by atoms with Crippen LogP contribution in [0.3, 0.4) is 0 Å². The Balaban J connectivity index is 1.72. The molecule has 0 aliphatic carbocycles. The zero-order valence-corrected chi connectivity index (χ0v) is 18.0. The van der Waals surface area contributed by atoms with E-state index < -0.39 is 0 Å². The molecule has 3 rings (SSSR count). The van der Waals surface area contributed by atoms with Gasteiger partial charge in [0.15, 0.2) is 11.5 Å². The number of carbonyl (C=O) groups excluding carboxylic acids is 1. The standard InChI is InChI=1S/C21H25BrN2O4/c1-4-28-20-16(22)13-15(14-19(20)27-3)21(25)24-11-9-23(10-12-24)17-7-5-6-8-18(17)26-2/h5-8,13-14H,4,9-12H2,1-3H3. The molecule has 1 amide bonds. The van der Waals surface area contributed by atoms with Crippen LogP contribution in [-0.4, -0.2) is 57.8 Å². The zero-order chi connectivity index (χ0) is 20.1. The van der Waals surface area contributed by atoms with Crippen LogP contribution in [-0.2, 0) is 0 Å². The van der Waals surface area contributed by atoms with Gasteiger partial charge in [-0.15, -0.1) is 0 Å². The quantitative estimate of drug-likeness (QED) is 0.671. The monoisotopic (exact) mass is 448 g/mol. The number of benzene rings is 2. The van der Waals surface area contributed by atoms with Gasteiger partial charge in [-0.3, -0.25) is 4.79 Å². The lowest BCUT2D eigenvalue weighted by Gasteiger charge is -2.36. The molecular weight excluding hydrogens is 424 g/mol. The van der Waals surface area contributed by atoms with Crippen LogP contribution in [0.25, 0.3) is 0 Å². The summed E-state index contributed by atoms with van der Waals surface area (Å²) >= 11 is 3.49. The van der Waals surface area contributed by atoms with Gasteiger partial charge < -0.3 is 24.0 Å². The highest BCUT2D eigenvalue weighted by molar-refractivity contribution is 9.10. The lowest BCUT2D eigenvalue weighted by Crippen LogP contribution is -2.48. The number of ether oxygens (including phenoxy) is 3. The van der Waals surface area contributed by atoms with Crippen LogP contribution in [0, 0.1) is 0 Å². The van der Waals surface area contributed by atoms with Crippen molar-refractivity contribution in [2.24, 2.45) is 0 Å². The molecule has 2 aromatic carbocycles. The third-order valence-electron chi connectivity index (χ3n) is 4.76. The molecule has 150 valence electrons. The molecular formula is C21H25BrN2O4. The van der Waals surface area contributed by atoms with Crippen molar-refractivity contribution < 1.29 is 19.0 Å². The van der Waals surface area contributed by atoms with E-state index in [4.69, 9.17) is 14.2 Å². The summed E-state index contributed by atoms with van der Waals surface area (Å²) in [5.41, 5.74) is 1.64. The lowest BCUT2D eigenvalue weighted by molar-refractivity contribution is 0.0746. The molecule has 0 spiro atoms. The van der Waals surface area contributed by atoms with Crippen LogP contribution in [0.15, 0.2) is 40.9 Å². The maximum atomic E-state index is 13.0. The van der Waals surface area contributed by atoms with Gasteiger partial charge in [-0.25, -0.2) is 0 Å². The molecule has 1 aliphatic heterocycles. The number of hydrogen-bond donors (Lipinski definition) is 0. The van der Waals surface area contributed by atoms with Gasteiger partial charge in [0.2, 0.25) is 0 Å². The SMILES string of the molecule is CCOc1c(Br)cc(C(=O)N2CCN(c3ccccc3OC)CC2)cc1OC. The molecule has 0 aromatic heterocycles. The van der Waals surface area contributed by atoms with Crippen molar-refractivity contribution in [1.29, 1.82) is 0 Å². The van der Waals surface area contributed by atoms with Gasteiger partial charge in [0, 0.05) is 31.7 Å². The minimum Gasteiger partial charge on any atom is -0.495 e. The fourth-order valence-corrected chi connectivity index (χ4v) is 3.91. The predicted octanol–water partition coefficient (Wildman–Crippen LogP) is 3.83. The number of nitrogens with zero attached hydrogens (tertiary/aromatic N) is 2. The summed E-state index contributed by atoms with van der Waals surface area (Å²) in [6, 6.07) is 11.5. The van der Waals surface area contributed by atoms with Crippen LogP contribution < -0.4 is 19.1 Å². The molecule has 0 unspecified atom stereocenters. The van der Waals surface area contributed by atoms with E-state index in [-0.39, 0.29) is 5.91 Å². The number of methoxy groups -OCH3 is 2. The normalized spacial score (nSPS) is 14.0. The summed E-state index contributed by atoms with van der Waals surface area (Å²) in [5, 5.41) is 0. The van der Waals surface area contributed by atoms with Crippen LogP contribution in [0.1, 0.15) is 17.3 Å².